The number of benzene rings is 2. The maximum Gasteiger partial charge on any atom is 0.318 e. The number of rotatable bonds is 9. The first-order valence-electron chi connectivity index (χ1n) is 14.5. The highest BCUT2D eigenvalue weighted by atomic mass is 32.2. The molecule has 44 heavy (non-hydrogen) atoms. The fourth-order valence-electron chi connectivity index (χ4n) is 5.45. The fraction of sp³-hybridized carbons (Fsp3) is 0.355. The highest BCUT2D eigenvalue weighted by Gasteiger charge is 2.59. The highest BCUT2D eigenvalue weighted by Crippen LogP contribution is 2.55. The Morgan fingerprint density at radius 3 is 2.52 bits per heavy atom. The summed E-state index contributed by atoms with van der Waals surface area (Å²) in [5.41, 5.74) is 2.68. The standard InChI is InChI=1S/C31H35N7O5S/c1-21-20-43-17-16-38(21)27-18-26(35-28(36-27)23-6-8-24(9-7-23)34-29(39)32-2)31(12-13-31)44(40,41)30-33-14-15-37(30)19-22-4-10-25(42-3)11-5-22/h4-11,14-15,18,21H,12-13,16-17,19-20H2,1-3H3,(H2,32,34,39)/t21-/m0/s1. The summed E-state index contributed by atoms with van der Waals surface area (Å²) in [4.78, 5) is 28.0. The Morgan fingerprint density at radius 2 is 1.86 bits per heavy atom. The maximum absolute atomic E-state index is 14.4. The van der Waals surface area contributed by atoms with Crippen LogP contribution >= 0.6 is 0 Å². The number of aromatic nitrogens is 4. The number of nitrogens with one attached hydrogen (secondary N) is 2. The molecule has 1 aliphatic heterocycles. The molecule has 6 rings (SSSR count). The van der Waals surface area contributed by atoms with Crippen molar-refractivity contribution in [2.24, 2.45) is 0 Å². The maximum atomic E-state index is 14.4. The van der Waals surface area contributed by atoms with Gasteiger partial charge in [-0.1, -0.05) is 12.1 Å². The number of urea groups is 1. The predicted molar refractivity (Wildman–Crippen MR) is 166 cm³/mol. The second-order valence-electron chi connectivity index (χ2n) is 11.0. The quantitative estimate of drug-likeness (QED) is 0.287. The molecule has 13 heteroatoms. The number of morpholine rings is 1. The van der Waals surface area contributed by atoms with Crippen LogP contribution in [0, 0.1) is 0 Å². The molecule has 2 aliphatic rings. The van der Waals surface area contributed by atoms with Crippen LogP contribution in [0.2, 0.25) is 0 Å². The molecule has 2 fully saturated rings. The molecule has 0 spiro atoms. The van der Waals surface area contributed by atoms with E-state index in [0.29, 0.717) is 67.7 Å². The minimum absolute atomic E-state index is 0.0110. The van der Waals surface area contributed by atoms with E-state index in [2.05, 4.69) is 27.4 Å². The van der Waals surface area contributed by atoms with Gasteiger partial charge >= 0.3 is 6.03 Å². The number of imidazole rings is 1. The summed E-state index contributed by atoms with van der Waals surface area (Å²) in [6.07, 6.45) is 4.06. The third-order valence-electron chi connectivity index (χ3n) is 8.12. The van der Waals surface area contributed by atoms with Gasteiger partial charge in [-0.15, -0.1) is 0 Å². The number of hydrogen-bond donors (Lipinski definition) is 2. The average Bonchev–Trinajstić information content (AvgIpc) is 3.74. The Kier molecular flexibility index (Phi) is 7.99. The summed E-state index contributed by atoms with van der Waals surface area (Å²) in [5, 5.41) is 5.28. The third-order valence-corrected chi connectivity index (χ3v) is 10.6. The molecule has 3 heterocycles. The number of amides is 2. The Hall–Kier alpha value is -4.49. The molecule has 1 atom stereocenters. The van der Waals surface area contributed by atoms with Gasteiger partial charge in [-0.2, -0.15) is 0 Å². The van der Waals surface area contributed by atoms with E-state index in [-0.39, 0.29) is 17.2 Å². The molecule has 2 aromatic carbocycles. The van der Waals surface area contributed by atoms with E-state index in [1.165, 1.54) is 6.20 Å². The molecule has 0 bridgehead atoms. The van der Waals surface area contributed by atoms with Gasteiger partial charge in [-0.3, -0.25) is 0 Å². The normalized spacial score (nSPS) is 17.6. The number of methoxy groups -OCH3 is 1. The highest BCUT2D eigenvalue weighted by molar-refractivity contribution is 7.92. The van der Waals surface area contributed by atoms with E-state index in [1.807, 2.05) is 42.5 Å². The summed E-state index contributed by atoms with van der Waals surface area (Å²) in [5.74, 6) is 1.79. The van der Waals surface area contributed by atoms with Crippen molar-refractivity contribution < 1.29 is 22.7 Å². The number of carbonyl (C=O) groups excluding carboxylic acids is 1. The monoisotopic (exact) mass is 617 g/mol. The molecule has 1 saturated carbocycles. The molecular weight excluding hydrogens is 582 g/mol. The Labute approximate surface area is 256 Å². The van der Waals surface area contributed by atoms with Crippen molar-refractivity contribution in [2.75, 3.05) is 44.1 Å². The molecule has 230 valence electrons. The van der Waals surface area contributed by atoms with Gasteiger partial charge in [0.15, 0.2) is 5.82 Å². The van der Waals surface area contributed by atoms with Gasteiger partial charge in [0, 0.05) is 49.8 Å². The van der Waals surface area contributed by atoms with Crippen LogP contribution in [-0.2, 0) is 25.9 Å². The smallest absolute Gasteiger partial charge is 0.318 e. The number of carbonyl (C=O) groups is 1. The predicted octanol–water partition coefficient (Wildman–Crippen LogP) is 3.84. The van der Waals surface area contributed by atoms with Crippen molar-refractivity contribution in [2.45, 2.75) is 42.3 Å². The number of sulfone groups is 1. The Balaban J connectivity index is 1.38. The zero-order valence-electron chi connectivity index (χ0n) is 24.9. The van der Waals surface area contributed by atoms with Crippen molar-refractivity contribution in [3.05, 3.63) is 78.2 Å². The molecule has 4 aromatic rings. The molecule has 1 saturated heterocycles. The van der Waals surface area contributed by atoms with Gasteiger partial charge in [0.1, 0.15) is 16.3 Å². The number of hydrogen-bond acceptors (Lipinski definition) is 9. The second kappa shape index (κ2) is 11.9. The molecule has 0 radical (unpaired) electrons. The van der Waals surface area contributed by atoms with Crippen LogP contribution in [0.25, 0.3) is 11.4 Å². The Morgan fingerprint density at radius 1 is 1.11 bits per heavy atom. The Bertz CT molecular complexity index is 1750. The molecule has 2 N–H and O–H groups in total. The molecule has 2 aromatic heterocycles. The number of ether oxygens (including phenoxy) is 2. The van der Waals surface area contributed by atoms with Crippen molar-refractivity contribution in [1.29, 1.82) is 0 Å². The van der Waals surface area contributed by atoms with Gasteiger partial charge in [-0.25, -0.2) is 28.2 Å². The van der Waals surface area contributed by atoms with E-state index < -0.39 is 14.6 Å². The van der Waals surface area contributed by atoms with Gasteiger partial charge in [0.05, 0.1) is 32.1 Å². The van der Waals surface area contributed by atoms with Crippen LogP contribution < -0.4 is 20.3 Å². The van der Waals surface area contributed by atoms with E-state index in [0.717, 1.165) is 11.3 Å². The van der Waals surface area contributed by atoms with E-state index in [4.69, 9.17) is 19.4 Å². The largest absolute Gasteiger partial charge is 0.497 e. The summed E-state index contributed by atoms with van der Waals surface area (Å²) in [6.45, 7) is 4.11. The topological polar surface area (TPSA) is 141 Å². The number of nitrogens with zero attached hydrogens (tertiary/aromatic N) is 5. The molecule has 1 aliphatic carbocycles. The van der Waals surface area contributed by atoms with E-state index in [9.17, 15) is 13.2 Å². The zero-order chi connectivity index (χ0) is 30.9. The van der Waals surface area contributed by atoms with Crippen LogP contribution in [0.15, 0.2) is 72.1 Å². The van der Waals surface area contributed by atoms with Crippen molar-refractivity contribution in [3.63, 3.8) is 0 Å². The zero-order valence-corrected chi connectivity index (χ0v) is 25.7. The lowest BCUT2D eigenvalue weighted by molar-refractivity contribution is 0.0985. The van der Waals surface area contributed by atoms with Gasteiger partial charge in [0.2, 0.25) is 15.0 Å². The van der Waals surface area contributed by atoms with Crippen LogP contribution in [-0.4, -0.2) is 73.9 Å². The summed E-state index contributed by atoms with van der Waals surface area (Å²) >= 11 is 0. The molecule has 0 unspecified atom stereocenters. The lowest BCUT2D eigenvalue weighted by Crippen LogP contribution is -2.44. The molecule has 12 nitrogen and oxygen atoms in total. The molecule has 2 amide bonds. The van der Waals surface area contributed by atoms with Crippen molar-refractivity contribution >= 4 is 27.4 Å². The van der Waals surface area contributed by atoms with E-state index >= 15 is 0 Å². The first-order valence-corrected chi connectivity index (χ1v) is 15.9. The second-order valence-corrected chi connectivity index (χ2v) is 13.2. The van der Waals surface area contributed by atoms with Gasteiger partial charge < -0.3 is 29.6 Å². The van der Waals surface area contributed by atoms with Crippen LogP contribution in [0.5, 0.6) is 5.75 Å². The first-order chi connectivity index (χ1) is 21.2. The average molecular weight is 618 g/mol. The van der Waals surface area contributed by atoms with Crippen molar-refractivity contribution in [3.8, 4) is 17.1 Å². The minimum atomic E-state index is -3.94. The minimum Gasteiger partial charge on any atom is -0.497 e. The fourth-order valence-corrected chi connectivity index (χ4v) is 7.45. The lowest BCUT2D eigenvalue weighted by Gasteiger charge is -2.34. The summed E-state index contributed by atoms with van der Waals surface area (Å²) in [7, 11) is -0.793. The molecular formula is C31H35N7O5S. The van der Waals surface area contributed by atoms with Crippen LogP contribution in [0.1, 0.15) is 31.0 Å². The summed E-state index contributed by atoms with van der Waals surface area (Å²) < 4.78 is 40.2. The van der Waals surface area contributed by atoms with Crippen molar-refractivity contribution in [1.82, 2.24) is 24.8 Å². The number of anilines is 2. The van der Waals surface area contributed by atoms with Crippen LogP contribution in [0.4, 0.5) is 16.3 Å². The summed E-state index contributed by atoms with van der Waals surface area (Å²) in [6, 6.07) is 16.2. The first kappa shape index (κ1) is 29.6. The third kappa shape index (κ3) is 5.60. The SMILES string of the molecule is CNC(=O)Nc1ccc(-c2nc(N3CCOC[C@@H]3C)cc(C3(S(=O)(=O)c4nccn4Cc4ccc(OC)cc4)CC3)n2)cc1. The van der Waals surface area contributed by atoms with Crippen LogP contribution in [0.3, 0.4) is 0 Å². The van der Waals surface area contributed by atoms with E-state index in [1.54, 1.807) is 37.1 Å². The lowest BCUT2D eigenvalue weighted by atomic mass is 10.1. The van der Waals surface area contributed by atoms with Gasteiger partial charge in [0.25, 0.3) is 0 Å². The van der Waals surface area contributed by atoms with Gasteiger partial charge in [-0.05, 0) is 61.7 Å².